The molecule has 2 aromatic carbocycles. The number of aryl methyl sites for hydroxylation is 1. The minimum absolute atomic E-state index is 0.105. The first kappa shape index (κ1) is 19.2. The number of amides is 1. The number of aromatic nitrogens is 2. The zero-order chi connectivity index (χ0) is 19.8. The number of carbonyl (C=O) groups is 1. The van der Waals surface area contributed by atoms with Gasteiger partial charge >= 0.3 is 0 Å². The maximum Gasteiger partial charge on any atom is 0.263 e. The van der Waals surface area contributed by atoms with Gasteiger partial charge in [0.2, 0.25) is 0 Å². The Morgan fingerprint density at radius 3 is 2.36 bits per heavy atom. The SMILES string of the molecule is CCOc1ccccc1Nc1ccc(NC(=O)COc2ccc(C)cc2)nn1. The quantitative estimate of drug-likeness (QED) is 0.617. The van der Waals surface area contributed by atoms with Gasteiger partial charge in [-0.2, -0.15) is 0 Å². The molecule has 144 valence electrons. The summed E-state index contributed by atoms with van der Waals surface area (Å²) in [7, 11) is 0. The van der Waals surface area contributed by atoms with E-state index in [9.17, 15) is 4.79 Å². The number of anilines is 3. The maximum atomic E-state index is 12.0. The fourth-order valence-corrected chi connectivity index (χ4v) is 2.42. The van der Waals surface area contributed by atoms with Crippen LogP contribution in [0.3, 0.4) is 0 Å². The van der Waals surface area contributed by atoms with Gasteiger partial charge < -0.3 is 20.1 Å². The topological polar surface area (TPSA) is 85.4 Å². The Hall–Kier alpha value is -3.61. The summed E-state index contributed by atoms with van der Waals surface area (Å²) >= 11 is 0. The molecule has 0 aliphatic heterocycles. The molecule has 0 aliphatic carbocycles. The summed E-state index contributed by atoms with van der Waals surface area (Å²) in [5.41, 5.74) is 1.92. The number of benzene rings is 2. The third-order valence-corrected chi connectivity index (χ3v) is 3.77. The molecule has 7 nitrogen and oxygen atoms in total. The van der Waals surface area contributed by atoms with Crippen LogP contribution in [0.25, 0.3) is 0 Å². The number of carbonyl (C=O) groups excluding carboxylic acids is 1. The standard InChI is InChI=1S/C21H22N4O3/c1-3-27-18-7-5-4-6-17(18)22-19-12-13-20(25-24-19)23-21(26)14-28-16-10-8-15(2)9-11-16/h4-13H,3,14H2,1-2H3,(H,22,24)(H,23,25,26). The van der Waals surface area contributed by atoms with Gasteiger partial charge in [0.25, 0.3) is 5.91 Å². The van der Waals surface area contributed by atoms with Gasteiger partial charge in [0, 0.05) is 0 Å². The summed E-state index contributed by atoms with van der Waals surface area (Å²) in [4.78, 5) is 12.0. The van der Waals surface area contributed by atoms with Crippen molar-refractivity contribution in [2.75, 3.05) is 23.8 Å². The molecule has 28 heavy (non-hydrogen) atoms. The molecule has 3 aromatic rings. The summed E-state index contributed by atoms with van der Waals surface area (Å²) in [6, 6.07) is 18.5. The molecular weight excluding hydrogens is 356 g/mol. The van der Waals surface area contributed by atoms with E-state index in [1.54, 1.807) is 12.1 Å². The Kier molecular flexibility index (Phi) is 6.41. The fraction of sp³-hybridized carbons (Fsp3) is 0.190. The van der Waals surface area contributed by atoms with Crippen LogP contribution in [0.2, 0.25) is 0 Å². The van der Waals surface area contributed by atoms with E-state index >= 15 is 0 Å². The highest BCUT2D eigenvalue weighted by atomic mass is 16.5. The lowest BCUT2D eigenvalue weighted by molar-refractivity contribution is -0.118. The van der Waals surface area contributed by atoms with Crippen molar-refractivity contribution in [1.29, 1.82) is 0 Å². The molecule has 0 saturated carbocycles. The molecule has 0 fully saturated rings. The van der Waals surface area contributed by atoms with Crippen LogP contribution in [-0.2, 0) is 4.79 Å². The van der Waals surface area contributed by atoms with Crippen LogP contribution in [0.15, 0.2) is 60.7 Å². The van der Waals surface area contributed by atoms with Crippen LogP contribution < -0.4 is 20.1 Å². The third-order valence-electron chi connectivity index (χ3n) is 3.77. The Morgan fingerprint density at radius 2 is 1.64 bits per heavy atom. The largest absolute Gasteiger partial charge is 0.492 e. The number of nitrogens with zero attached hydrogens (tertiary/aromatic N) is 2. The van der Waals surface area contributed by atoms with Crippen molar-refractivity contribution in [3.05, 3.63) is 66.2 Å². The number of ether oxygens (including phenoxy) is 2. The molecular formula is C21H22N4O3. The predicted octanol–water partition coefficient (Wildman–Crippen LogP) is 3.94. The van der Waals surface area contributed by atoms with E-state index in [4.69, 9.17) is 9.47 Å². The van der Waals surface area contributed by atoms with Crippen LogP contribution >= 0.6 is 0 Å². The van der Waals surface area contributed by atoms with E-state index in [0.29, 0.717) is 24.0 Å². The van der Waals surface area contributed by atoms with Crippen molar-refractivity contribution in [3.63, 3.8) is 0 Å². The summed E-state index contributed by atoms with van der Waals surface area (Å²) in [5, 5.41) is 13.9. The lowest BCUT2D eigenvalue weighted by Crippen LogP contribution is -2.21. The highest BCUT2D eigenvalue weighted by molar-refractivity contribution is 5.90. The monoisotopic (exact) mass is 378 g/mol. The van der Waals surface area contributed by atoms with Crippen molar-refractivity contribution in [2.45, 2.75) is 13.8 Å². The molecule has 0 saturated heterocycles. The number of rotatable bonds is 8. The average Bonchev–Trinajstić information content (AvgIpc) is 2.71. The fourth-order valence-electron chi connectivity index (χ4n) is 2.42. The second-order valence-corrected chi connectivity index (χ2v) is 6.01. The predicted molar refractivity (Wildman–Crippen MR) is 108 cm³/mol. The summed E-state index contributed by atoms with van der Waals surface area (Å²) in [5.74, 6) is 1.95. The lowest BCUT2D eigenvalue weighted by Gasteiger charge is -2.11. The van der Waals surface area contributed by atoms with Crippen LogP contribution in [0.5, 0.6) is 11.5 Å². The molecule has 7 heteroatoms. The van der Waals surface area contributed by atoms with Crippen LogP contribution in [-0.4, -0.2) is 29.3 Å². The zero-order valence-corrected chi connectivity index (χ0v) is 15.8. The van der Waals surface area contributed by atoms with Crippen LogP contribution in [0.1, 0.15) is 12.5 Å². The highest BCUT2D eigenvalue weighted by Crippen LogP contribution is 2.26. The van der Waals surface area contributed by atoms with E-state index in [2.05, 4.69) is 20.8 Å². The molecule has 0 atom stereocenters. The molecule has 1 heterocycles. The van der Waals surface area contributed by atoms with Crippen molar-refractivity contribution in [3.8, 4) is 11.5 Å². The molecule has 0 aliphatic rings. The van der Waals surface area contributed by atoms with Gasteiger partial charge in [-0.3, -0.25) is 4.79 Å². The van der Waals surface area contributed by atoms with Gasteiger partial charge in [0.1, 0.15) is 11.5 Å². The normalized spacial score (nSPS) is 10.2. The first-order valence-corrected chi connectivity index (χ1v) is 8.96. The summed E-state index contributed by atoms with van der Waals surface area (Å²) in [6.45, 7) is 4.38. The van der Waals surface area contributed by atoms with Crippen molar-refractivity contribution in [1.82, 2.24) is 10.2 Å². The summed E-state index contributed by atoms with van der Waals surface area (Å²) < 4.78 is 11.0. The van der Waals surface area contributed by atoms with Crippen LogP contribution in [0.4, 0.5) is 17.3 Å². The van der Waals surface area contributed by atoms with E-state index in [1.165, 1.54) is 0 Å². The van der Waals surface area contributed by atoms with Crippen molar-refractivity contribution < 1.29 is 14.3 Å². The smallest absolute Gasteiger partial charge is 0.263 e. The average molecular weight is 378 g/mol. The minimum Gasteiger partial charge on any atom is -0.492 e. The molecule has 1 amide bonds. The van der Waals surface area contributed by atoms with Crippen molar-refractivity contribution in [2.24, 2.45) is 0 Å². The molecule has 2 N–H and O–H groups in total. The van der Waals surface area contributed by atoms with Crippen molar-refractivity contribution >= 4 is 23.2 Å². The first-order chi connectivity index (χ1) is 13.6. The summed E-state index contributed by atoms with van der Waals surface area (Å²) in [6.07, 6.45) is 0. The molecule has 3 rings (SSSR count). The molecule has 0 unspecified atom stereocenters. The van der Waals surface area contributed by atoms with Gasteiger partial charge in [-0.05, 0) is 50.2 Å². The minimum atomic E-state index is -0.308. The number of nitrogens with one attached hydrogen (secondary N) is 2. The van der Waals surface area contributed by atoms with E-state index in [1.807, 2.05) is 62.4 Å². The number of hydrogen-bond acceptors (Lipinski definition) is 6. The van der Waals surface area contributed by atoms with Gasteiger partial charge in [0.15, 0.2) is 18.2 Å². The molecule has 0 radical (unpaired) electrons. The molecule has 1 aromatic heterocycles. The van der Waals surface area contributed by atoms with Gasteiger partial charge in [-0.1, -0.05) is 29.8 Å². The Labute approximate surface area is 163 Å². The maximum absolute atomic E-state index is 12.0. The second-order valence-electron chi connectivity index (χ2n) is 6.01. The van der Waals surface area contributed by atoms with Crippen LogP contribution in [0, 0.1) is 6.92 Å². The van der Waals surface area contributed by atoms with E-state index in [-0.39, 0.29) is 12.5 Å². The van der Waals surface area contributed by atoms with Gasteiger partial charge in [0.05, 0.1) is 12.3 Å². The van der Waals surface area contributed by atoms with Gasteiger partial charge in [-0.25, -0.2) is 0 Å². The van der Waals surface area contributed by atoms with E-state index in [0.717, 1.165) is 17.0 Å². The Bertz CT molecular complexity index is 912. The number of hydrogen-bond donors (Lipinski definition) is 2. The lowest BCUT2D eigenvalue weighted by atomic mass is 10.2. The van der Waals surface area contributed by atoms with E-state index < -0.39 is 0 Å². The zero-order valence-electron chi connectivity index (χ0n) is 15.8. The highest BCUT2D eigenvalue weighted by Gasteiger charge is 2.07. The Balaban J connectivity index is 1.54. The number of para-hydroxylation sites is 2. The molecule has 0 bridgehead atoms. The molecule has 0 spiro atoms. The van der Waals surface area contributed by atoms with Gasteiger partial charge in [-0.15, -0.1) is 10.2 Å². The second kappa shape index (κ2) is 9.36. The first-order valence-electron chi connectivity index (χ1n) is 8.96. The third kappa shape index (κ3) is 5.44. The Morgan fingerprint density at radius 1 is 0.929 bits per heavy atom.